The van der Waals surface area contributed by atoms with E-state index in [9.17, 15) is 10.1 Å². The topological polar surface area (TPSA) is 96.5 Å². The first-order valence-electron chi connectivity index (χ1n) is 8.92. The molecule has 0 saturated carbocycles. The number of anilines is 1. The Labute approximate surface area is 160 Å². The van der Waals surface area contributed by atoms with Crippen LogP contribution in [0.1, 0.15) is 35.3 Å². The maximum absolute atomic E-state index is 12.3. The number of hydrogen-bond donors (Lipinski definition) is 1. The lowest BCUT2D eigenvalue weighted by molar-refractivity contribution is -0.116. The number of tetrazole rings is 1. The number of thiophene rings is 1. The van der Waals surface area contributed by atoms with Crippen molar-refractivity contribution in [2.45, 2.75) is 38.6 Å². The number of aryl methyl sites for hydroxylation is 2. The van der Waals surface area contributed by atoms with Gasteiger partial charge in [0.1, 0.15) is 11.1 Å². The zero-order valence-corrected chi connectivity index (χ0v) is 15.5. The van der Waals surface area contributed by atoms with Gasteiger partial charge >= 0.3 is 0 Å². The molecule has 1 aromatic carbocycles. The minimum absolute atomic E-state index is 0.149. The van der Waals surface area contributed by atoms with Gasteiger partial charge in [0.25, 0.3) is 0 Å². The summed E-state index contributed by atoms with van der Waals surface area (Å²) in [5.41, 5.74) is 2.64. The van der Waals surface area contributed by atoms with Crippen LogP contribution in [0, 0.1) is 11.3 Å². The van der Waals surface area contributed by atoms with E-state index >= 15 is 0 Å². The highest BCUT2D eigenvalue weighted by molar-refractivity contribution is 7.16. The molecule has 1 aliphatic carbocycles. The van der Waals surface area contributed by atoms with Crippen molar-refractivity contribution in [3.63, 3.8) is 0 Å². The molecule has 2 aromatic heterocycles. The first-order chi connectivity index (χ1) is 13.2. The van der Waals surface area contributed by atoms with E-state index in [0.717, 1.165) is 36.8 Å². The van der Waals surface area contributed by atoms with Crippen LogP contribution >= 0.6 is 11.3 Å². The fraction of sp³-hybridized carbons (Fsp3) is 0.316. The van der Waals surface area contributed by atoms with E-state index in [1.165, 1.54) is 21.0 Å². The predicted octanol–water partition coefficient (Wildman–Crippen LogP) is 3.18. The lowest BCUT2D eigenvalue weighted by atomic mass is 9.96. The summed E-state index contributed by atoms with van der Waals surface area (Å²) >= 11 is 1.53. The smallest absolute Gasteiger partial charge is 0.226 e. The number of rotatable bonds is 5. The van der Waals surface area contributed by atoms with Crippen molar-refractivity contribution >= 4 is 22.2 Å². The summed E-state index contributed by atoms with van der Waals surface area (Å²) in [4.78, 5) is 15.0. The average molecular weight is 378 g/mol. The molecule has 0 aliphatic heterocycles. The van der Waals surface area contributed by atoms with E-state index in [2.05, 4.69) is 26.8 Å². The van der Waals surface area contributed by atoms with Gasteiger partial charge in [0, 0.05) is 16.9 Å². The second kappa shape index (κ2) is 7.68. The van der Waals surface area contributed by atoms with Gasteiger partial charge in [-0.05, 0) is 36.5 Å². The van der Waals surface area contributed by atoms with Gasteiger partial charge in [0.05, 0.1) is 12.1 Å². The summed E-state index contributed by atoms with van der Waals surface area (Å²) in [6.07, 6.45) is 4.39. The van der Waals surface area contributed by atoms with Gasteiger partial charge in [0.15, 0.2) is 0 Å². The molecule has 0 spiro atoms. The van der Waals surface area contributed by atoms with E-state index in [-0.39, 0.29) is 12.3 Å². The molecular weight excluding hydrogens is 360 g/mol. The maximum atomic E-state index is 12.3. The Hall–Kier alpha value is -3.05. The van der Waals surface area contributed by atoms with Gasteiger partial charge in [-0.15, -0.1) is 21.5 Å². The van der Waals surface area contributed by atoms with Crippen LogP contribution < -0.4 is 5.32 Å². The number of nitrogens with one attached hydrogen (secondary N) is 1. The summed E-state index contributed by atoms with van der Waals surface area (Å²) < 4.78 is 0. The minimum Gasteiger partial charge on any atom is -0.317 e. The van der Waals surface area contributed by atoms with Crippen molar-refractivity contribution < 1.29 is 4.79 Å². The second-order valence-corrected chi connectivity index (χ2v) is 7.51. The van der Waals surface area contributed by atoms with Gasteiger partial charge < -0.3 is 5.32 Å². The molecule has 1 aliphatic rings. The Balaban J connectivity index is 1.39. The highest BCUT2D eigenvalue weighted by atomic mass is 32.1. The van der Waals surface area contributed by atoms with Gasteiger partial charge in [-0.1, -0.05) is 30.3 Å². The summed E-state index contributed by atoms with van der Waals surface area (Å²) in [6.45, 7) is 0.332. The Bertz CT molecular complexity index is 1000. The van der Waals surface area contributed by atoms with Crippen molar-refractivity contribution in [3.05, 3.63) is 46.3 Å². The molecule has 136 valence electrons. The Morgan fingerprint density at radius 2 is 2.07 bits per heavy atom. The Morgan fingerprint density at radius 3 is 2.89 bits per heavy atom. The van der Waals surface area contributed by atoms with Crippen LogP contribution in [0.15, 0.2) is 30.3 Å². The van der Waals surface area contributed by atoms with E-state index < -0.39 is 0 Å². The van der Waals surface area contributed by atoms with E-state index in [4.69, 9.17) is 0 Å². The number of nitriles is 1. The lowest BCUT2D eigenvalue weighted by Crippen LogP contribution is -2.15. The largest absolute Gasteiger partial charge is 0.317 e. The quantitative estimate of drug-likeness (QED) is 0.735. The normalized spacial score (nSPS) is 13.0. The first-order valence-corrected chi connectivity index (χ1v) is 9.74. The summed E-state index contributed by atoms with van der Waals surface area (Å²) in [7, 11) is 0. The molecule has 0 fully saturated rings. The molecule has 1 amide bonds. The first kappa shape index (κ1) is 17.4. The fourth-order valence-electron chi connectivity index (χ4n) is 3.20. The molecular formula is C19H18N6OS. The molecule has 3 aromatic rings. The molecule has 0 saturated heterocycles. The van der Waals surface area contributed by atoms with Gasteiger partial charge in [-0.3, -0.25) is 4.79 Å². The van der Waals surface area contributed by atoms with Crippen LogP contribution in [0.4, 0.5) is 5.00 Å². The van der Waals surface area contributed by atoms with Crippen molar-refractivity contribution in [2.24, 2.45) is 0 Å². The zero-order valence-electron chi connectivity index (χ0n) is 14.7. The predicted molar refractivity (Wildman–Crippen MR) is 102 cm³/mol. The van der Waals surface area contributed by atoms with Crippen LogP contribution in [0.3, 0.4) is 0 Å². The third kappa shape index (κ3) is 3.73. The molecule has 0 radical (unpaired) electrons. The number of carbonyl (C=O) groups is 1. The van der Waals surface area contributed by atoms with Crippen molar-refractivity contribution in [1.29, 1.82) is 5.26 Å². The fourth-order valence-corrected chi connectivity index (χ4v) is 4.46. The van der Waals surface area contributed by atoms with Crippen LogP contribution in [0.5, 0.6) is 0 Å². The highest BCUT2D eigenvalue weighted by Gasteiger charge is 2.21. The van der Waals surface area contributed by atoms with Gasteiger partial charge in [-0.2, -0.15) is 10.1 Å². The lowest BCUT2D eigenvalue weighted by Gasteiger charge is -2.09. The van der Waals surface area contributed by atoms with Crippen LogP contribution in [0.2, 0.25) is 0 Å². The number of carbonyl (C=O) groups excluding carboxylic acids is 1. The Morgan fingerprint density at radius 1 is 1.26 bits per heavy atom. The van der Waals surface area contributed by atoms with Crippen molar-refractivity contribution in [2.75, 3.05) is 5.32 Å². The molecule has 8 heteroatoms. The molecule has 1 N–H and O–H groups in total. The van der Waals surface area contributed by atoms with Crippen molar-refractivity contribution in [1.82, 2.24) is 20.2 Å². The molecule has 4 rings (SSSR count). The maximum Gasteiger partial charge on any atom is 0.226 e. The number of fused-ring (bicyclic) bond motifs is 1. The van der Waals surface area contributed by atoms with E-state index in [1.807, 2.05) is 30.3 Å². The summed E-state index contributed by atoms with van der Waals surface area (Å²) in [6, 6.07) is 11.8. The summed E-state index contributed by atoms with van der Waals surface area (Å²) in [5, 5.41) is 25.4. The highest BCUT2D eigenvalue weighted by Crippen LogP contribution is 2.37. The minimum atomic E-state index is -0.149. The van der Waals surface area contributed by atoms with Gasteiger partial charge in [0.2, 0.25) is 11.7 Å². The standard InChI is InChI=1S/C19H18N6OS/c20-12-15-14-8-4-5-9-16(14)27-19(15)21-17(26)10-11-25-23-18(22-24-25)13-6-2-1-3-7-13/h1-3,6-7H,4-5,8-11H2,(H,21,26). The molecule has 0 atom stereocenters. The van der Waals surface area contributed by atoms with Crippen LogP contribution in [0.25, 0.3) is 11.4 Å². The molecule has 27 heavy (non-hydrogen) atoms. The summed E-state index contributed by atoms with van der Waals surface area (Å²) in [5.74, 6) is 0.386. The van der Waals surface area contributed by atoms with E-state index in [0.29, 0.717) is 22.9 Å². The Kier molecular flexibility index (Phi) is 4.94. The number of amides is 1. The number of benzene rings is 1. The molecule has 0 bridgehead atoms. The van der Waals surface area contributed by atoms with Crippen LogP contribution in [-0.2, 0) is 24.2 Å². The van der Waals surface area contributed by atoms with Crippen molar-refractivity contribution in [3.8, 4) is 17.5 Å². The second-order valence-electron chi connectivity index (χ2n) is 6.40. The van der Waals surface area contributed by atoms with Crippen LogP contribution in [-0.4, -0.2) is 26.1 Å². The third-order valence-electron chi connectivity index (χ3n) is 4.56. The number of aromatic nitrogens is 4. The molecule has 7 nitrogen and oxygen atoms in total. The molecule has 2 heterocycles. The monoisotopic (exact) mass is 378 g/mol. The average Bonchev–Trinajstić information content (AvgIpc) is 3.31. The zero-order chi connectivity index (χ0) is 18.6. The molecule has 0 unspecified atom stereocenters. The SMILES string of the molecule is N#Cc1c(NC(=O)CCn2nnc(-c3ccccc3)n2)sc2c1CCCC2. The number of hydrogen-bond acceptors (Lipinski definition) is 6. The number of nitrogens with zero attached hydrogens (tertiary/aromatic N) is 5. The van der Waals surface area contributed by atoms with Gasteiger partial charge in [-0.25, -0.2) is 0 Å². The third-order valence-corrected chi connectivity index (χ3v) is 5.77. The van der Waals surface area contributed by atoms with E-state index in [1.54, 1.807) is 0 Å².